The van der Waals surface area contributed by atoms with Gasteiger partial charge < -0.3 is 19.4 Å². The van der Waals surface area contributed by atoms with Gasteiger partial charge in [0.05, 0.1) is 33.8 Å². The van der Waals surface area contributed by atoms with E-state index in [0.717, 1.165) is 103 Å². The molecule has 9 nitrogen and oxygen atoms in total. The lowest BCUT2D eigenvalue weighted by molar-refractivity contribution is -0.870. The van der Waals surface area contributed by atoms with E-state index in [1.807, 2.05) is 33.3 Å². The van der Waals surface area contributed by atoms with Crippen molar-refractivity contribution in [2.24, 2.45) is 0 Å². The van der Waals surface area contributed by atoms with Crippen LogP contribution in [0.2, 0.25) is 0 Å². The van der Waals surface area contributed by atoms with Crippen molar-refractivity contribution in [3.05, 3.63) is 72.9 Å². The predicted molar refractivity (Wildman–Crippen MR) is 328 cm³/mol. The van der Waals surface area contributed by atoms with Crippen molar-refractivity contribution in [3.8, 4) is 0 Å². The van der Waals surface area contributed by atoms with E-state index in [4.69, 9.17) is 13.8 Å². The molecule has 76 heavy (non-hydrogen) atoms. The number of nitrogens with zero attached hydrogens (tertiary/aromatic N) is 1. The Labute approximate surface area is 470 Å². The van der Waals surface area contributed by atoms with E-state index in [1.54, 1.807) is 0 Å². The van der Waals surface area contributed by atoms with Gasteiger partial charge in [-0.25, -0.2) is 4.57 Å². The van der Waals surface area contributed by atoms with Crippen LogP contribution in [-0.4, -0.2) is 74.3 Å². The molecule has 0 saturated carbocycles. The molecule has 3 atom stereocenters. The fourth-order valence-electron chi connectivity index (χ4n) is 8.92. The highest BCUT2D eigenvalue weighted by molar-refractivity contribution is 7.47. The zero-order chi connectivity index (χ0) is 55.7. The second kappa shape index (κ2) is 55.8. The number of esters is 1. The maximum Gasteiger partial charge on any atom is 0.472 e. The zero-order valence-corrected chi connectivity index (χ0v) is 51.4. The van der Waals surface area contributed by atoms with Crippen molar-refractivity contribution < 1.29 is 37.3 Å². The van der Waals surface area contributed by atoms with Gasteiger partial charge in [-0.05, 0) is 102 Å². The summed E-state index contributed by atoms with van der Waals surface area (Å²) in [5, 5.41) is 3.04. The van der Waals surface area contributed by atoms with E-state index in [0.29, 0.717) is 17.4 Å². The fraction of sp³-hybridized carbons (Fsp3) is 0.788. The molecule has 0 aliphatic heterocycles. The number of quaternary nitrogens is 1. The summed E-state index contributed by atoms with van der Waals surface area (Å²) < 4.78 is 30.7. The van der Waals surface area contributed by atoms with E-state index in [9.17, 15) is 19.0 Å². The standard InChI is InChI=1S/C66H121N2O7P/c1-7-10-13-16-19-22-25-28-29-30-31-32-33-34-35-36-37-38-39-41-44-47-50-53-56-59-66(70)75-64(57-54-51-48-45-42-27-24-21-18-15-12-9-3)63(62-74-76(71,72)73-61-60-68(4,5)6)67-65(69)58-55-52-49-46-43-40-26-23-20-17-14-11-8-2/h19,22,28-29,31-32,34-35,40,43,54,57,63-64H,7-18,20-21,23-27,30,33,36-39,41-42,44-53,55-56,58-62H2,1-6H3,(H-,67,69,71,72)/p+1/b22-19-,29-28-,32-31-,35-34-,43-40-,57-54-. The largest absolute Gasteiger partial charge is 0.472 e. The topological polar surface area (TPSA) is 111 Å². The molecule has 0 aromatic rings. The van der Waals surface area contributed by atoms with Gasteiger partial charge in [0.25, 0.3) is 0 Å². The number of phosphoric ester groups is 1. The molecule has 0 aromatic heterocycles. The molecule has 442 valence electrons. The summed E-state index contributed by atoms with van der Waals surface area (Å²) in [7, 11) is 1.48. The van der Waals surface area contributed by atoms with Gasteiger partial charge in [-0.3, -0.25) is 18.6 Å². The first kappa shape index (κ1) is 73.5. The number of unbranched alkanes of at least 4 members (excludes halogenated alkanes) is 31. The molecule has 0 rings (SSSR count). The summed E-state index contributed by atoms with van der Waals surface area (Å²) in [5.41, 5.74) is 0. The Morgan fingerprint density at radius 3 is 1.25 bits per heavy atom. The second-order valence-corrected chi connectivity index (χ2v) is 24.0. The SMILES string of the molecule is CCCCC/C=C\C/C=C\C/C=C\C/C=C\CCCCCCCCCCCC(=O)OC(/C=C\CCCCCCCCCCCC)C(COP(=O)(O)OCC[N+](C)(C)C)NC(=O)CCCCC/C=C\CCCCCCCC. The molecule has 0 aliphatic carbocycles. The molecule has 0 aromatic carbocycles. The highest BCUT2D eigenvalue weighted by Crippen LogP contribution is 2.43. The summed E-state index contributed by atoms with van der Waals surface area (Å²) in [4.78, 5) is 37.7. The molecule has 0 saturated heterocycles. The molecular weight excluding hydrogens is 964 g/mol. The Morgan fingerprint density at radius 1 is 0.461 bits per heavy atom. The molecular formula is C66H122N2O7P+. The van der Waals surface area contributed by atoms with Gasteiger partial charge in [0.2, 0.25) is 5.91 Å². The normalized spacial score (nSPS) is 14.1. The summed E-state index contributed by atoms with van der Waals surface area (Å²) in [6.45, 7) is 6.97. The average Bonchev–Trinajstić information content (AvgIpc) is 3.38. The van der Waals surface area contributed by atoms with Gasteiger partial charge in [0, 0.05) is 12.8 Å². The van der Waals surface area contributed by atoms with Gasteiger partial charge in [-0.2, -0.15) is 0 Å². The van der Waals surface area contributed by atoms with Gasteiger partial charge in [-0.15, -0.1) is 0 Å². The molecule has 3 unspecified atom stereocenters. The highest BCUT2D eigenvalue weighted by atomic mass is 31.2. The van der Waals surface area contributed by atoms with Gasteiger partial charge in [-0.1, -0.05) is 242 Å². The second-order valence-electron chi connectivity index (χ2n) is 22.6. The van der Waals surface area contributed by atoms with Crippen molar-refractivity contribution >= 4 is 19.7 Å². The van der Waals surface area contributed by atoms with Crippen LogP contribution in [0.5, 0.6) is 0 Å². The minimum Gasteiger partial charge on any atom is -0.456 e. The summed E-state index contributed by atoms with van der Waals surface area (Å²) in [6.07, 6.45) is 71.9. The molecule has 2 N–H and O–H groups in total. The Bertz CT molecular complexity index is 1530. The number of carbonyl (C=O) groups is 2. The van der Waals surface area contributed by atoms with Crippen LogP contribution in [-0.2, 0) is 27.9 Å². The minimum atomic E-state index is -4.45. The number of phosphoric acid groups is 1. The quantitative estimate of drug-likeness (QED) is 0.0205. The monoisotopic (exact) mass is 1090 g/mol. The summed E-state index contributed by atoms with van der Waals surface area (Å²) in [6, 6.07) is -0.860. The summed E-state index contributed by atoms with van der Waals surface area (Å²) in [5.74, 6) is -0.528. The lowest BCUT2D eigenvalue weighted by Crippen LogP contribution is -2.47. The van der Waals surface area contributed by atoms with E-state index < -0.39 is 20.0 Å². The first-order valence-electron chi connectivity index (χ1n) is 31.8. The maximum absolute atomic E-state index is 13.5. The lowest BCUT2D eigenvalue weighted by Gasteiger charge is -2.27. The van der Waals surface area contributed by atoms with Crippen LogP contribution >= 0.6 is 7.82 Å². The maximum atomic E-state index is 13.5. The van der Waals surface area contributed by atoms with Crippen LogP contribution in [0.3, 0.4) is 0 Å². The van der Waals surface area contributed by atoms with E-state index in [-0.39, 0.29) is 31.5 Å². The predicted octanol–water partition coefficient (Wildman–Crippen LogP) is 19.6. The van der Waals surface area contributed by atoms with E-state index in [2.05, 4.69) is 86.8 Å². The third kappa shape index (κ3) is 56.2. The molecule has 0 fully saturated rings. The summed E-state index contributed by atoms with van der Waals surface area (Å²) >= 11 is 0. The highest BCUT2D eigenvalue weighted by Gasteiger charge is 2.30. The Kier molecular flexibility index (Phi) is 53.9. The first-order valence-corrected chi connectivity index (χ1v) is 33.3. The molecule has 0 radical (unpaired) electrons. The smallest absolute Gasteiger partial charge is 0.456 e. The lowest BCUT2D eigenvalue weighted by atomic mass is 10.0. The number of ether oxygens (including phenoxy) is 1. The van der Waals surface area contributed by atoms with Crippen LogP contribution in [0, 0.1) is 0 Å². The number of likely N-dealkylation sites (N-methyl/N-ethyl adjacent to an activating group) is 1. The van der Waals surface area contributed by atoms with Crippen molar-refractivity contribution in [2.45, 2.75) is 296 Å². The van der Waals surface area contributed by atoms with E-state index >= 15 is 0 Å². The molecule has 0 aliphatic rings. The van der Waals surface area contributed by atoms with Crippen molar-refractivity contribution in [2.75, 3.05) is 40.9 Å². The molecule has 10 heteroatoms. The number of nitrogens with one attached hydrogen (secondary N) is 1. The Hall–Kier alpha value is -2.55. The number of allylic oxidation sites excluding steroid dienone is 11. The number of amides is 1. The van der Waals surface area contributed by atoms with Gasteiger partial charge in [0.15, 0.2) is 0 Å². The van der Waals surface area contributed by atoms with Gasteiger partial charge in [0.1, 0.15) is 19.3 Å². The van der Waals surface area contributed by atoms with Crippen LogP contribution in [0.15, 0.2) is 72.9 Å². The first-order chi connectivity index (χ1) is 36.9. The fourth-order valence-corrected chi connectivity index (χ4v) is 9.65. The third-order valence-corrected chi connectivity index (χ3v) is 14.9. The number of hydrogen-bond donors (Lipinski definition) is 2. The molecule has 0 heterocycles. The zero-order valence-electron chi connectivity index (χ0n) is 50.5. The van der Waals surface area contributed by atoms with Crippen molar-refractivity contribution in [3.63, 3.8) is 0 Å². The van der Waals surface area contributed by atoms with Crippen molar-refractivity contribution in [1.29, 1.82) is 0 Å². The number of rotatable bonds is 57. The van der Waals surface area contributed by atoms with Crippen LogP contribution in [0.4, 0.5) is 0 Å². The van der Waals surface area contributed by atoms with Gasteiger partial charge >= 0.3 is 13.8 Å². The third-order valence-electron chi connectivity index (χ3n) is 13.9. The number of hydrogen-bond acceptors (Lipinski definition) is 6. The molecule has 0 bridgehead atoms. The molecule has 1 amide bonds. The van der Waals surface area contributed by atoms with Crippen LogP contribution in [0.1, 0.15) is 284 Å². The molecule has 0 spiro atoms. The average molecular weight is 1090 g/mol. The Balaban J connectivity index is 5.16. The van der Waals surface area contributed by atoms with E-state index in [1.165, 1.54) is 148 Å². The van der Waals surface area contributed by atoms with Crippen LogP contribution in [0.25, 0.3) is 0 Å². The number of carbonyl (C=O) groups excluding carboxylic acids is 2. The van der Waals surface area contributed by atoms with Crippen LogP contribution < -0.4 is 5.32 Å². The minimum absolute atomic E-state index is 0.0348. The van der Waals surface area contributed by atoms with Crippen molar-refractivity contribution in [1.82, 2.24) is 5.32 Å². The Morgan fingerprint density at radius 2 is 0.803 bits per heavy atom.